The molecule has 0 aromatic heterocycles. The molecule has 5 rings (SSSR count). The SMILES string of the molecule is Cl.c1cc2c(c(CN3CCN4CCOc5cccc3c54)c1)NCC2. The molecule has 2 aromatic rings. The predicted octanol–water partition coefficient (Wildman–Crippen LogP) is 3.30. The topological polar surface area (TPSA) is 27.7 Å². The molecule has 3 aliphatic heterocycles. The smallest absolute Gasteiger partial charge is 0.144 e. The largest absolute Gasteiger partial charge is 0.489 e. The van der Waals surface area contributed by atoms with Gasteiger partial charge in [0.05, 0.1) is 12.2 Å². The van der Waals surface area contributed by atoms with Gasteiger partial charge in [-0.25, -0.2) is 0 Å². The van der Waals surface area contributed by atoms with Crippen molar-refractivity contribution in [2.24, 2.45) is 0 Å². The van der Waals surface area contributed by atoms with E-state index in [1.165, 1.54) is 28.2 Å². The number of nitrogens with one attached hydrogen (secondary N) is 1. The predicted molar refractivity (Wildman–Crippen MR) is 101 cm³/mol. The fraction of sp³-hybridized carbons (Fsp3) is 0.368. The third-order valence-electron chi connectivity index (χ3n) is 5.19. The number of para-hydroxylation sites is 2. The van der Waals surface area contributed by atoms with Gasteiger partial charge in [-0.2, -0.15) is 0 Å². The van der Waals surface area contributed by atoms with Gasteiger partial charge >= 0.3 is 0 Å². The maximum atomic E-state index is 5.86. The second-order valence-corrected chi connectivity index (χ2v) is 6.51. The Labute approximate surface area is 148 Å². The van der Waals surface area contributed by atoms with Crippen molar-refractivity contribution in [3.63, 3.8) is 0 Å². The summed E-state index contributed by atoms with van der Waals surface area (Å²) in [7, 11) is 0. The molecular formula is C19H22ClN3O. The van der Waals surface area contributed by atoms with E-state index in [0.29, 0.717) is 0 Å². The molecule has 0 saturated carbocycles. The van der Waals surface area contributed by atoms with Crippen LogP contribution in [-0.2, 0) is 13.0 Å². The molecule has 0 radical (unpaired) electrons. The molecule has 0 unspecified atom stereocenters. The Morgan fingerprint density at radius 2 is 1.96 bits per heavy atom. The van der Waals surface area contributed by atoms with Crippen LogP contribution in [0.3, 0.4) is 0 Å². The molecule has 0 fully saturated rings. The molecule has 3 aliphatic rings. The highest BCUT2D eigenvalue weighted by Gasteiger charge is 2.29. The molecule has 0 spiro atoms. The first-order chi connectivity index (χ1) is 11.4. The summed E-state index contributed by atoms with van der Waals surface area (Å²) in [5, 5.41) is 3.56. The highest BCUT2D eigenvalue weighted by Crippen LogP contribution is 2.43. The summed E-state index contributed by atoms with van der Waals surface area (Å²) >= 11 is 0. The van der Waals surface area contributed by atoms with Crippen LogP contribution in [0.2, 0.25) is 0 Å². The number of hydrogen-bond donors (Lipinski definition) is 1. The molecule has 0 amide bonds. The summed E-state index contributed by atoms with van der Waals surface area (Å²) in [6, 6.07) is 13.1. The van der Waals surface area contributed by atoms with Gasteiger partial charge in [-0.1, -0.05) is 24.3 Å². The Hall–Kier alpha value is -2.07. The van der Waals surface area contributed by atoms with Crippen LogP contribution in [0.25, 0.3) is 0 Å². The van der Waals surface area contributed by atoms with Crippen molar-refractivity contribution in [3.05, 3.63) is 47.5 Å². The van der Waals surface area contributed by atoms with Crippen LogP contribution in [0.1, 0.15) is 11.1 Å². The van der Waals surface area contributed by atoms with Gasteiger partial charge in [-0.05, 0) is 29.7 Å². The maximum absolute atomic E-state index is 5.86. The maximum Gasteiger partial charge on any atom is 0.144 e. The number of anilines is 3. The molecular weight excluding hydrogens is 322 g/mol. The highest BCUT2D eigenvalue weighted by atomic mass is 35.5. The molecule has 0 atom stereocenters. The highest BCUT2D eigenvalue weighted by molar-refractivity contribution is 5.85. The lowest BCUT2D eigenvalue weighted by Crippen LogP contribution is -2.44. The molecule has 0 saturated heterocycles. The monoisotopic (exact) mass is 343 g/mol. The summed E-state index contributed by atoms with van der Waals surface area (Å²) in [6.07, 6.45) is 1.14. The average molecular weight is 344 g/mol. The van der Waals surface area contributed by atoms with E-state index >= 15 is 0 Å². The normalized spacial score (nSPS) is 17.3. The number of benzene rings is 2. The van der Waals surface area contributed by atoms with Crippen molar-refractivity contribution in [2.75, 3.05) is 47.9 Å². The number of ether oxygens (including phenoxy) is 1. The Morgan fingerprint density at radius 1 is 1.04 bits per heavy atom. The van der Waals surface area contributed by atoms with E-state index in [1.807, 2.05) is 0 Å². The van der Waals surface area contributed by atoms with Crippen molar-refractivity contribution in [2.45, 2.75) is 13.0 Å². The van der Waals surface area contributed by atoms with Crippen molar-refractivity contribution in [3.8, 4) is 5.75 Å². The zero-order valence-corrected chi connectivity index (χ0v) is 14.4. The van der Waals surface area contributed by atoms with E-state index in [-0.39, 0.29) is 12.4 Å². The lowest BCUT2D eigenvalue weighted by Gasteiger charge is -2.42. The lowest BCUT2D eigenvalue weighted by molar-refractivity contribution is 0.306. The summed E-state index contributed by atoms with van der Waals surface area (Å²) in [6.45, 7) is 5.97. The summed E-state index contributed by atoms with van der Waals surface area (Å²) in [5.74, 6) is 1.04. The van der Waals surface area contributed by atoms with E-state index in [9.17, 15) is 0 Å². The van der Waals surface area contributed by atoms with Crippen molar-refractivity contribution < 1.29 is 4.74 Å². The Kier molecular flexibility index (Phi) is 3.93. The van der Waals surface area contributed by atoms with Gasteiger partial charge in [-0.15, -0.1) is 12.4 Å². The molecule has 4 nitrogen and oxygen atoms in total. The van der Waals surface area contributed by atoms with Crippen molar-refractivity contribution in [1.29, 1.82) is 0 Å². The molecule has 5 heteroatoms. The second kappa shape index (κ2) is 6.10. The third kappa shape index (κ3) is 2.37. The lowest BCUT2D eigenvalue weighted by atomic mass is 10.1. The van der Waals surface area contributed by atoms with Gasteiger partial charge in [0.15, 0.2) is 0 Å². The Morgan fingerprint density at radius 3 is 2.92 bits per heavy atom. The van der Waals surface area contributed by atoms with Crippen LogP contribution >= 0.6 is 12.4 Å². The van der Waals surface area contributed by atoms with Gasteiger partial charge in [0.1, 0.15) is 18.0 Å². The number of rotatable bonds is 2. The number of halogens is 1. The second-order valence-electron chi connectivity index (χ2n) is 6.51. The average Bonchev–Trinajstić information content (AvgIpc) is 3.07. The minimum Gasteiger partial charge on any atom is -0.489 e. The zero-order chi connectivity index (χ0) is 15.2. The van der Waals surface area contributed by atoms with Crippen LogP contribution in [0.4, 0.5) is 17.1 Å². The summed E-state index contributed by atoms with van der Waals surface area (Å²) in [5.41, 5.74) is 6.81. The van der Waals surface area contributed by atoms with Crippen molar-refractivity contribution >= 4 is 29.5 Å². The summed E-state index contributed by atoms with van der Waals surface area (Å²) < 4.78 is 5.86. The fourth-order valence-electron chi connectivity index (χ4n) is 4.08. The van der Waals surface area contributed by atoms with Gasteiger partial charge in [0.25, 0.3) is 0 Å². The number of nitrogens with zero attached hydrogens (tertiary/aromatic N) is 2. The first-order valence-electron chi connectivity index (χ1n) is 8.50. The van der Waals surface area contributed by atoms with Gasteiger partial charge in [0, 0.05) is 31.9 Å². The first kappa shape index (κ1) is 15.5. The van der Waals surface area contributed by atoms with E-state index in [4.69, 9.17) is 4.74 Å². The zero-order valence-electron chi connectivity index (χ0n) is 13.6. The van der Waals surface area contributed by atoms with Gasteiger partial charge in [-0.3, -0.25) is 0 Å². The molecule has 126 valence electrons. The molecule has 1 N–H and O–H groups in total. The van der Waals surface area contributed by atoms with Crippen LogP contribution in [0.15, 0.2) is 36.4 Å². The van der Waals surface area contributed by atoms with E-state index < -0.39 is 0 Å². The van der Waals surface area contributed by atoms with Crippen LogP contribution in [0.5, 0.6) is 5.75 Å². The molecule has 0 bridgehead atoms. The summed E-state index contributed by atoms with van der Waals surface area (Å²) in [4.78, 5) is 4.97. The minimum atomic E-state index is 0. The molecule has 3 heterocycles. The van der Waals surface area contributed by atoms with E-state index in [2.05, 4.69) is 51.5 Å². The van der Waals surface area contributed by atoms with Gasteiger partial charge in [0.2, 0.25) is 0 Å². The molecule has 24 heavy (non-hydrogen) atoms. The van der Waals surface area contributed by atoms with Crippen LogP contribution in [-0.4, -0.2) is 32.8 Å². The fourth-order valence-corrected chi connectivity index (χ4v) is 4.08. The third-order valence-corrected chi connectivity index (χ3v) is 5.19. The van der Waals surface area contributed by atoms with Crippen molar-refractivity contribution in [1.82, 2.24) is 0 Å². The Balaban J connectivity index is 0.00000146. The quantitative estimate of drug-likeness (QED) is 0.905. The van der Waals surface area contributed by atoms with Crippen LogP contribution < -0.4 is 19.9 Å². The van der Waals surface area contributed by atoms with E-state index in [1.54, 1.807) is 0 Å². The van der Waals surface area contributed by atoms with Gasteiger partial charge < -0.3 is 19.9 Å². The number of hydrogen-bond acceptors (Lipinski definition) is 4. The standard InChI is InChI=1S/C19H21N3O.ClH/c1-3-14-7-8-20-18(14)15(4-1)13-22-10-9-21-11-12-23-17-6-2-5-16(22)19(17)21;/h1-6,20H,7-13H2;1H. The Bertz CT molecular complexity index is 764. The molecule has 0 aliphatic carbocycles. The number of fused-ring (bicyclic) bond motifs is 1. The minimum absolute atomic E-state index is 0. The van der Waals surface area contributed by atoms with E-state index in [0.717, 1.165) is 51.5 Å². The first-order valence-corrected chi connectivity index (χ1v) is 8.50. The van der Waals surface area contributed by atoms with Crippen LogP contribution in [0, 0.1) is 0 Å². The molecule has 2 aromatic carbocycles.